The Morgan fingerprint density at radius 1 is 1.00 bits per heavy atom. The van der Waals surface area contributed by atoms with Crippen LogP contribution >= 0.6 is 0 Å². The highest BCUT2D eigenvalue weighted by atomic mass is 32.2. The van der Waals surface area contributed by atoms with Gasteiger partial charge >= 0.3 is 17.8 Å². The van der Waals surface area contributed by atoms with E-state index in [2.05, 4.69) is 5.32 Å². The first-order valence-electron chi connectivity index (χ1n) is 11.1. The average Bonchev–Trinajstić information content (AvgIpc) is 2.99. The third-order valence-corrected chi connectivity index (χ3v) is 6.35. The van der Waals surface area contributed by atoms with Gasteiger partial charge in [0.05, 0.1) is 17.9 Å². The zero-order valence-electron chi connectivity index (χ0n) is 20.4. The van der Waals surface area contributed by atoms with E-state index < -0.39 is 34.8 Å². The number of aliphatic hydroxyl groups excluding tert-OH is 1. The summed E-state index contributed by atoms with van der Waals surface area (Å²) in [6, 6.07) is 10.5. The lowest BCUT2D eigenvalue weighted by atomic mass is 10.2. The fraction of sp³-hybridized carbons (Fsp3) is 0.360. The first-order valence-corrected chi connectivity index (χ1v) is 12.6. The van der Waals surface area contributed by atoms with Crippen LogP contribution in [-0.4, -0.2) is 66.4 Å². The van der Waals surface area contributed by atoms with Crippen LogP contribution in [0.5, 0.6) is 17.2 Å². The Bertz CT molecular complexity index is 1140. The second-order valence-corrected chi connectivity index (χ2v) is 9.28. The van der Waals surface area contributed by atoms with Gasteiger partial charge in [0.25, 0.3) is 0 Å². The third-order valence-electron chi connectivity index (χ3n) is 5.29. The smallest absolute Gasteiger partial charge is 0.348 e. The number of nitrogens with one attached hydrogen (secondary N) is 1. The lowest BCUT2D eigenvalue weighted by Crippen LogP contribution is -2.62. The van der Waals surface area contributed by atoms with Crippen molar-refractivity contribution in [3.8, 4) is 17.2 Å². The predicted molar refractivity (Wildman–Crippen MR) is 130 cm³/mol. The lowest BCUT2D eigenvalue weighted by molar-refractivity contribution is -0.272. The predicted octanol–water partition coefficient (Wildman–Crippen LogP) is 1.77. The number of hydrogen-bond acceptors (Lipinski definition) is 10. The molecule has 2 atom stereocenters. The summed E-state index contributed by atoms with van der Waals surface area (Å²) in [5.41, 5.74) is 1.59. The van der Waals surface area contributed by atoms with Crippen molar-refractivity contribution in [1.82, 2.24) is 5.32 Å². The van der Waals surface area contributed by atoms with E-state index in [1.165, 1.54) is 7.11 Å². The van der Waals surface area contributed by atoms with Gasteiger partial charge in [-0.2, -0.15) is 0 Å². The molecule has 10 nitrogen and oxygen atoms in total. The van der Waals surface area contributed by atoms with Crippen LogP contribution in [0.15, 0.2) is 53.4 Å². The number of hydrogen-bond donors (Lipinski definition) is 2. The minimum absolute atomic E-state index is 0.00829. The van der Waals surface area contributed by atoms with Crippen LogP contribution in [0, 0.1) is 13.8 Å². The molecule has 0 fully saturated rings. The Morgan fingerprint density at radius 3 is 2.28 bits per heavy atom. The van der Waals surface area contributed by atoms with Crippen LogP contribution in [0.25, 0.3) is 0 Å². The quantitative estimate of drug-likeness (QED) is 0.335. The Kier molecular flexibility index (Phi) is 9.08. The van der Waals surface area contributed by atoms with E-state index in [1.54, 1.807) is 37.4 Å². The molecule has 36 heavy (non-hydrogen) atoms. The van der Waals surface area contributed by atoms with Crippen molar-refractivity contribution >= 4 is 22.7 Å². The van der Waals surface area contributed by atoms with E-state index in [0.29, 0.717) is 22.1 Å². The fourth-order valence-corrected chi connectivity index (χ4v) is 4.24. The average molecular weight is 520 g/mol. The van der Waals surface area contributed by atoms with Gasteiger partial charge in [-0.05, 0) is 37.1 Å². The molecule has 0 spiro atoms. The zero-order valence-corrected chi connectivity index (χ0v) is 21.3. The number of para-hydroxylation sites is 1. The Balaban J connectivity index is 1.72. The Morgan fingerprint density at radius 2 is 1.67 bits per heavy atom. The van der Waals surface area contributed by atoms with Gasteiger partial charge < -0.3 is 28.8 Å². The molecule has 0 saturated heterocycles. The van der Waals surface area contributed by atoms with Gasteiger partial charge in [-0.15, -0.1) is 0 Å². The van der Waals surface area contributed by atoms with E-state index in [-0.39, 0.29) is 19.8 Å². The molecule has 1 heterocycles. The standard InChI is InChI=1S/C25H29NO9S/c1-16-7-5-6-8-18(16)33-15-22(27)25(34-23(28)9-10-24(29)35-25)26-11-12-32-20-13-17(2)21(36(4)30)14-19(20)31-3/h5-10,13-14,22,26-27H,11-12,15H2,1-4H3. The first-order chi connectivity index (χ1) is 17.1. The summed E-state index contributed by atoms with van der Waals surface area (Å²) in [7, 11) is 0.269. The van der Waals surface area contributed by atoms with Crippen molar-refractivity contribution in [3.05, 3.63) is 59.7 Å². The molecule has 2 unspecified atom stereocenters. The second-order valence-electron chi connectivity index (χ2n) is 7.93. The van der Waals surface area contributed by atoms with Crippen molar-refractivity contribution in [2.24, 2.45) is 0 Å². The molecule has 2 N–H and O–H groups in total. The van der Waals surface area contributed by atoms with Crippen LogP contribution < -0.4 is 19.5 Å². The van der Waals surface area contributed by atoms with E-state index >= 15 is 0 Å². The molecular weight excluding hydrogens is 490 g/mol. The molecule has 0 aliphatic carbocycles. The van der Waals surface area contributed by atoms with Gasteiger partial charge in [-0.3, -0.25) is 4.21 Å². The summed E-state index contributed by atoms with van der Waals surface area (Å²) in [5.74, 6) is -2.68. The van der Waals surface area contributed by atoms with Crippen LogP contribution in [0.1, 0.15) is 11.1 Å². The van der Waals surface area contributed by atoms with Crippen LogP contribution in [0.3, 0.4) is 0 Å². The maximum Gasteiger partial charge on any atom is 0.348 e. The Hall–Kier alpha value is -3.41. The van der Waals surface area contributed by atoms with Crippen molar-refractivity contribution in [2.75, 3.05) is 33.1 Å². The minimum atomic E-state index is -2.22. The van der Waals surface area contributed by atoms with Crippen molar-refractivity contribution in [1.29, 1.82) is 0 Å². The fourth-order valence-electron chi connectivity index (χ4n) is 3.46. The monoisotopic (exact) mass is 519 g/mol. The molecule has 0 bridgehead atoms. The van der Waals surface area contributed by atoms with Crippen LogP contribution in [0.4, 0.5) is 0 Å². The normalized spacial score (nSPS) is 16.4. The van der Waals surface area contributed by atoms with E-state index in [9.17, 15) is 18.9 Å². The number of methoxy groups -OCH3 is 1. The van der Waals surface area contributed by atoms with E-state index in [4.69, 9.17) is 23.7 Å². The summed E-state index contributed by atoms with van der Waals surface area (Å²) >= 11 is 0. The van der Waals surface area contributed by atoms with Crippen molar-refractivity contribution in [2.45, 2.75) is 30.8 Å². The van der Waals surface area contributed by atoms with Crippen molar-refractivity contribution < 1.29 is 42.6 Å². The van der Waals surface area contributed by atoms with Crippen LogP contribution in [0.2, 0.25) is 0 Å². The number of aryl methyl sites for hydroxylation is 2. The van der Waals surface area contributed by atoms with Crippen molar-refractivity contribution in [3.63, 3.8) is 0 Å². The molecule has 0 radical (unpaired) electrons. The maximum absolute atomic E-state index is 12.1. The summed E-state index contributed by atoms with van der Waals surface area (Å²) in [5, 5.41) is 13.7. The molecule has 3 rings (SSSR count). The molecular formula is C25H29NO9S. The number of carbonyl (C=O) groups is 2. The van der Waals surface area contributed by atoms with Crippen LogP contribution in [-0.2, 0) is 29.9 Å². The number of cyclic esters (lactones) is 2. The topological polar surface area (TPSA) is 130 Å². The molecule has 0 aromatic heterocycles. The van der Waals surface area contributed by atoms with Gasteiger partial charge in [0.1, 0.15) is 19.0 Å². The SMILES string of the molecule is COc1cc(S(C)=O)c(C)cc1OCCNC1(C(O)COc2ccccc2C)OC(=O)C=CC(=O)O1. The molecule has 1 aliphatic heterocycles. The highest BCUT2D eigenvalue weighted by Crippen LogP contribution is 2.32. The molecule has 0 saturated carbocycles. The lowest BCUT2D eigenvalue weighted by Gasteiger charge is -2.35. The summed E-state index contributed by atoms with van der Waals surface area (Å²) in [6.45, 7) is 3.30. The van der Waals surface area contributed by atoms with Gasteiger partial charge in [-0.25, -0.2) is 14.9 Å². The highest BCUT2D eigenvalue weighted by Gasteiger charge is 2.47. The number of aliphatic hydroxyl groups is 1. The number of esters is 2. The van der Waals surface area contributed by atoms with E-state index in [1.807, 2.05) is 19.1 Å². The van der Waals surface area contributed by atoms with E-state index in [0.717, 1.165) is 23.3 Å². The van der Waals surface area contributed by atoms with Gasteiger partial charge in [0, 0.05) is 35.9 Å². The zero-order chi connectivity index (χ0) is 26.3. The molecule has 11 heteroatoms. The maximum atomic E-state index is 12.1. The number of ether oxygens (including phenoxy) is 5. The van der Waals surface area contributed by atoms with Gasteiger partial charge in [-0.1, -0.05) is 18.2 Å². The molecule has 194 valence electrons. The number of benzene rings is 2. The molecule has 2 aromatic rings. The third kappa shape index (κ3) is 6.62. The molecule has 2 aromatic carbocycles. The Labute approximate surface area is 211 Å². The largest absolute Gasteiger partial charge is 0.493 e. The number of rotatable bonds is 11. The van der Waals surface area contributed by atoms with Gasteiger partial charge in [0.2, 0.25) is 0 Å². The molecule has 0 amide bonds. The molecule has 1 aliphatic rings. The first kappa shape index (κ1) is 27.2. The van der Waals surface area contributed by atoms with Gasteiger partial charge in [0.15, 0.2) is 17.6 Å². The number of carbonyl (C=O) groups excluding carboxylic acids is 2. The highest BCUT2D eigenvalue weighted by molar-refractivity contribution is 7.84. The summed E-state index contributed by atoms with van der Waals surface area (Å²) in [4.78, 5) is 24.9. The second kappa shape index (κ2) is 12.0. The summed E-state index contributed by atoms with van der Waals surface area (Å²) < 4.78 is 39.3. The minimum Gasteiger partial charge on any atom is -0.493 e. The summed E-state index contributed by atoms with van der Waals surface area (Å²) in [6.07, 6.45) is 1.80.